The molecule has 1 amide bonds. The lowest BCUT2D eigenvalue weighted by molar-refractivity contribution is 0.0494. The Hall–Kier alpha value is -1.29. The van der Waals surface area contributed by atoms with Gasteiger partial charge in [0.15, 0.2) is 0 Å². The molecule has 1 aromatic heterocycles. The van der Waals surface area contributed by atoms with Gasteiger partial charge in [0.25, 0.3) is 5.91 Å². The standard InChI is InChI=1S/C15H22N2O2/c1-12-13(2-11-19-12)14(18)17-9-5-15(6-10-17)3-7-16-8-4-15/h2,11,16H,3-10H2,1H3. The Morgan fingerprint density at radius 2 is 1.95 bits per heavy atom. The fourth-order valence-electron chi connectivity index (χ4n) is 3.42. The highest BCUT2D eigenvalue weighted by molar-refractivity contribution is 5.95. The van der Waals surface area contributed by atoms with Crippen LogP contribution in [0.4, 0.5) is 0 Å². The quantitative estimate of drug-likeness (QED) is 0.844. The van der Waals surface area contributed by atoms with Crippen molar-refractivity contribution < 1.29 is 9.21 Å². The van der Waals surface area contributed by atoms with Gasteiger partial charge in [-0.1, -0.05) is 0 Å². The van der Waals surface area contributed by atoms with Crippen molar-refractivity contribution in [2.45, 2.75) is 32.6 Å². The first-order valence-electron chi connectivity index (χ1n) is 7.24. The van der Waals surface area contributed by atoms with Crippen molar-refractivity contribution in [1.82, 2.24) is 10.2 Å². The lowest BCUT2D eigenvalue weighted by atomic mass is 9.71. The van der Waals surface area contributed by atoms with E-state index in [1.807, 2.05) is 11.8 Å². The van der Waals surface area contributed by atoms with E-state index in [0.29, 0.717) is 5.41 Å². The zero-order chi connectivity index (χ0) is 13.3. The summed E-state index contributed by atoms with van der Waals surface area (Å²) in [6.45, 7) is 5.90. The van der Waals surface area contributed by atoms with E-state index in [1.54, 1.807) is 12.3 Å². The summed E-state index contributed by atoms with van der Waals surface area (Å²) in [6, 6.07) is 1.78. The summed E-state index contributed by atoms with van der Waals surface area (Å²) < 4.78 is 5.23. The van der Waals surface area contributed by atoms with Gasteiger partial charge in [-0.15, -0.1) is 0 Å². The molecule has 1 N–H and O–H groups in total. The van der Waals surface area contributed by atoms with Crippen LogP contribution in [0, 0.1) is 12.3 Å². The van der Waals surface area contributed by atoms with E-state index in [4.69, 9.17) is 4.42 Å². The van der Waals surface area contributed by atoms with Crippen LogP contribution in [0.3, 0.4) is 0 Å². The molecule has 0 radical (unpaired) electrons. The molecule has 4 heteroatoms. The number of furan rings is 1. The molecule has 4 nitrogen and oxygen atoms in total. The van der Waals surface area contributed by atoms with Crippen LogP contribution in [0.1, 0.15) is 41.8 Å². The van der Waals surface area contributed by atoms with Crippen molar-refractivity contribution in [2.24, 2.45) is 5.41 Å². The molecule has 0 aliphatic carbocycles. The van der Waals surface area contributed by atoms with Crippen LogP contribution < -0.4 is 5.32 Å². The van der Waals surface area contributed by atoms with Gasteiger partial charge in [0, 0.05) is 13.1 Å². The fraction of sp³-hybridized carbons (Fsp3) is 0.667. The summed E-state index contributed by atoms with van der Waals surface area (Å²) in [6.07, 6.45) is 6.43. The second-order valence-corrected chi connectivity index (χ2v) is 5.93. The number of hydrogen-bond acceptors (Lipinski definition) is 3. The van der Waals surface area contributed by atoms with Crippen molar-refractivity contribution in [3.8, 4) is 0 Å². The Morgan fingerprint density at radius 1 is 1.26 bits per heavy atom. The number of carbonyl (C=O) groups excluding carboxylic acids is 1. The maximum atomic E-state index is 12.4. The van der Waals surface area contributed by atoms with Crippen LogP contribution in [0.25, 0.3) is 0 Å². The number of nitrogens with zero attached hydrogens (tertiary/aromatic N) is 1. The maximum Gasteiger partial charge on any atom is 0.257 e. The first-order valence-corrected chi connectivity index (χ1v) is 7.24. The summed E-state index contributed by atoms with van der Waals surface area (Å²) in [4.78, 5) is 14.4. The minimum Gasteiger partial charge on any atom is -0.469 e. The molecule has 3 heterocycles. The molecule has 2 aliphatic heterocycles. The summed E-state index contributed by atoms with van der Waals surface area (Å²) in [5.41, 5.74) is 1.22. The van der Waals surface area contributed by atoms with E-state index in [9.17, 15) is 4.79 Å². The number of hydrogen-bond donors (Lipinski definition) is 1. The Balaban J connectivity index is 1.64. The van der Waals surface area contributed by atoms with Gasteiger partial charge in [-0.05, 0) is 57.2 Å². The van der Waals surface area contributed by atoms with Crippen LogP contribution >= 0.6 is 0 Å². The third-order valence-electron chi connectivity index (χ3n) is 4.86. The summed E-state index contributed by atoms with van der Waals surface area (Å²) in [7, 11) is 0. The SMILES string of the molecule is Cc1occc1C(=O)N1CCC2(CCNCC2)CC1. The molecule has 19 heavy (non-hydrogen) atoms. The molecule has 0 bridgehead atoms. The van der Waals surface area contributed by atoms with Gasteiger partial charge in [0.1, 0.15) is 5.76 Å². The van der Waals surface area contributed by atoms with Crippen LogP contribution in [-0.4, -0.2) is 37.0 Å². The first kappa shape index (κ1) is 12.7. The average Bonchev–Trinajstić information content (AvgIpc) is 2.86. The van der Waals surface area contributed by atoms with Crippen LogP contribution in [0.2, 0.25) is 0 Å². The van der Waals surface area contributed by atoms with Gasteiger partial charge in [-0.2, -0.15) is 0 Å². The van der Waals surface area contributed by atoms with Crippen LogP contribution in [0.5, 0.6) is 0 Å². The highest BCUT2D eigenvalue weighted by Crippen LogP contribution is 2.39. The highest BCUT2D eigenvalue weighted by atomic mass is 16.3. The van der Waals surface area contributed by atoms with Crippen LogP contribution in [0.15, 0.2) is 16.7 Å². The van der Waals surface area contributed by atoms with Gasteiger partial charge < -0.3 is 14.6 Å². The van der Waals surface area contributed by atoms with E-state index < -0.39 is 0 Å². The van der Waals surface area contributed by atoms with Gasteiger partial charge in [-0.3, -0.25) is 4.79 Å². The molecular formula is C15H22N2O2. The van der Waals surface area contributed by atoms with E-state index in [1.165, 1.54) is 12.8 Å². The number of likely N-dealkylation sites (tertiary alicyclic amines) is 1. The minimum atomic E-state index is 0.134. The topological polar surface area (TPSA) is 45.5 Å². The fourth-order valence-corrected chi connectivity index (χ4v) is 3.42. The number of aryl methyl sites for hydroxylation is 1. The maximum absolute atomic E-state index is 12.4. The molecule has 1 aromatic rings. The largest absolute Gasteiger partial charge is 0.469 e. The van der Waals surface area contributed by atoms with E-state index in [2.05, 4.69) is 5.32 Å². The van der Waals surface area contributed by atoms with Crippen LogP contribution in [-0.2, 0) is 0 Å². The van der Waals surface area contributed by atoms with Crippen molar-refractivity contribution in [3.63, 3.8) is 0 Å². The monoisotopic (exact) mass is 262 g/mol. The molecule has 104 valence electrons. The smallest absolute Gasteiger partial charge is 0.257 e. The number of nitrogens with one attached hydrogen (secondary N) is 1. The lowest BCUT2D eigenvalue weighted by Gasteiger charge is -2.44. The van der Waals surface area contributed by atoms with Gasteiger partial charge in [0.2, 0.25) is 0 Å². The lowest BCUT2D eigenvalue weighted by Crippen LogP contribution is -2.47. The predicted octanol–water partition coefficient (Wildman–Crippen LogP) is 2.19. The number of carbonyl (C=O) groups is 1. The molecule has 2 fully saturated rings. The van der Waals surface area contributed by atoms with Gasteiger partial charge in [0.05, 0.1) is 11.8 Å². The molecule has 0 atom stereocenters. The Bertz CT molecular complexity index is 450. The normalized spacial score (nSPS) is 22.7. The van der Waals surface area contributed by atoms with Crippen molar-refractivity contribution in [1.29, 1.82) is 0 Å². The molecule has 2 aliphatic rings. The minimum absolute atomic E-state index is 0.134. The van der Waals surface area contributed by atoms with Crippen molar-refractivity contribution >= 4 is 5.91 Å². The highest BCUT2D eigenvalue weighted by Gasteiger charge is 2.37. The summed E-state index contributed by atoms with van der Waals surface area (Å²) in [5, 5.41) is 3.43. The molecular weight excluding hydrogens is 240 g/mol. The second-order valence-electron chi connectivity index (χ2n) is 5.93. The summed E-state index contributed by atoms with van der Waals surface area (Å²) in [5.74, 6) is 0.863. The van der Waals surface area contributed by atoms with Gasteiger partial charge >= 0.3 is 0 Å². The van der Waals surface area contributed by atoms with Crippen molar-refractivity contribution in [2.75, 3.05) is 26.2 Å². The zero-order valence-corrected chi connectivity index (χ0v) is 11.6. The number of amides is 1. The molecule has 0 unspecified atom stereocenters. The third kappa shape index (κ3) is 2.41. The zero-order valence-electron chi connectivity index (χ0n) is 11.6. The molecule has 2 saturated heterocycles. The first-order chi connectivity index (χ1) is 9.20. The Morgan fingerprint density at radius 3 is 2.53 bits per heavy atom. The molecule has 3 rings (SSSR count). The molecule has 0 saturated carbocycles. The van der Waals surface area contributed by atoms with Crippen molar-refractivity contribution in [3.05, 3.63) is 23.7 Å². The average molecular weight is 262 g/mol. The number of piperidine rings is 2. The molecule has 1 spiro atoms. The Labute approximate surface area is 114 Å². The van der Waals surface area contributed by atoms with E-state index in [0.717, 1.165) is 50.3 Å². The van der Waals surface area contributed by atoms with E-state index >= 15 is 0 Å². The predicted molar refractivity (Wildman–Crippen MR) is 73.1 cm³/mol. The van der Waals surface area contributed by atoms with E-state index in [-0.39, 0.29) is 5.91 Å². The Kier molecular flexibility index (Phi) is 3.35. The second kappa shape index (κ2) is 5.00. The van der Waals surface area contributed by atoms with Gasteiger partial charge in [-0.25, -0.2) is 0 Å². The molecule has 0 aromatic carbocycles. The number of rotatable bonds is 1. The third-order valence-corrected chi connectivity index (χ3v) is 4.86. The summed E-state index contributed by atoms with van der Waals surface area (Å²) >= 11 is 0.